The Labute approximate surface area is 396 Å². The van der Waals surface area contributed by atoms with Crippen LogP contribution in [-0.2, 0) is 49.6 Å². The summed E-state index contributed by atoms with van der Waals surface area (Å²) in [5, 5.41) is 43.4. The average Bonchev–Trinajstić information content (AvgIpc) is 3.28. The Morgan fingerprint density at radius 3 is 1.59 bits per heavy atom. The smallest absolute Gasteiger partial charge is 0.245 e. The van der Waals surface area contributed by atoms with Gasteiger partial charge in [-0.3, -0.25) is 43.2 Å². The zero-order valence-electron chi connectivity index (χ0n) is 39.3. The van der Waals surface area contributed by atoms with Crippen LogP contribution in [0, 0.1) is 5.92 Å². The van der Waals surface area contributed by atoms with Crippen LogP contribution < -0.4 is 76.5 Å². The molecular weight excluding hydrogens is 889 g/mol. The fourth-order valence-electron chi connectivity index (χ4n) is 7.00. The van der Waals surface area contributed by atoms with Crippen molar-refractivity contribution in [2.24, 2.45) is 34.6 Å². The topological polar surface area (TPSA) is 432 Å². The number of amides is 9. The highest BCUT2D eigenvalue weighted by Gasteiger charge is 2.36. The minimum absolute atomic E-state index is 0.0731. The first kappa shape index (κ1) is 58.3. The Morgan fingerprint density at radius 1 is 0.632 bits per heavy atom. The molecule has 0 bridgehead atoms. The minimum atomic E-state index is -1.63. The van der Waals surface area contributed by atoms with Gasteiger partial charge in [0.05, 0.1) is 12.2 Å². The lowest BCUT2D eigenvalue weighted by Gasteiger charge is -2.28. The van der Waals surface area contributed by atoms with Gasteiger partial charge in [-0.25, -0.2) is 0 Å². The van der Waals surface area contributed by atoms with Crippen LogP contribution in [0.4, 0.5) is 0 Å². The molecule has 0 saturated carbocycles. The molecule has 1 heterocycles. The number of aliphatic hydroxyl groups is 2. The third-order valence-electron chi connectivity index (χ3n) is 10.9. The molecule has 1 fully saturated rings. The van der Waals surface area contributed by atoms with Crippen LogP contribution in [0.3, 0.4) is 0 Å². The molecule has 0 aliphatic carbocycles. The summed E-state index contributed by atoms with van der Waals surface area (Å²) in [6.07, 6.45) is -3.78. The van der Waals surface area contributed by atoms with Crippen molar-refractivity contribution in [2.45, 2.75) is 139 Å². The second-order valence-corrected chi connectivity index (χ2v) is 17.1. The van der Waals surface area contributed by atoms with E-state index >= 15 is 0 Å². The number of benzene rings is 1. The van der Waals surface area contributed by atoms with Crippen LogP contribution in [0.5, 0.6) is 0 Å². The second kappa shape index (κ2) is 29.8. The summed E-state index contributed by atoms with van der Waals surface area (Å²) in [5.74, 6) is -8.14. The molecule has 1 aliphatic rings. The first-order valence-corrected chi connectivity index (χ1v) is 22.8. The zero-order valence-corrected chi connectivity index (χ0v) is 39.3. The lowest BCUT2D eigenvalue weighted by molar-refractivity contribution is -0.136. The fraction of sp³-hybridized carbons (Fsp3) is 0.651. The number of nitrogens with two attached hydrogens (primary N) is 5. The highest BCUT2D eigenvalue weighted by atomic mass is 16.3. The molecule has 25 nitrogen and oxygen atoms in total. The summed E-state index contributed by atoms with van der Waals surface area (Å²) in [7, 11) is 0. The van der Waals surface area contributed by atoms with Gasteiger partial charge in [0.25, 0.3) is 0 Å². The van der Waals surface area contributed by atoms with Gasteiger partial charge in [0.1, 0.15) is 54.4 Å². The third-order valence-corrected chi connectivity index (χ3v) is 10.9. The van der Waals surface area contributed by atoms with E-state index in [9.17, 15) is 53.4 Å². The fourth-order valence-corrected chi connectivity index (χ4v) is 7.00. The lowest BCUT2D eigenvalue weighted by atomic mass is 10.00. The van der Waals surface area contributed by atoms with Crippen LogP contribution in [0.25, 0.3) is 0 Å². The number of hydrogen-bond acceptors (Lipinski definition) is 16. The Kier molecular flexibility index (Phi) is 25.6. The van der Waals surface area contributed by atoms with Crippen molar-refractivity contribution in [1.29, 1.82) is 0 Å². The van der Waals surface area contributed by atoms with Gasteiger partial charge in [0.2, 0.25) is 53.2 Å². The highest BCUT2D eigenvalue weighted by Crippen LogP contribution is 2.11. The Morgan fingerprint density at radius 2 is 1.10 bits per heavy atom. The largest absolute Gasteiger partial charge is 0.391 e. The van der Waals surface area contributed by atoms with Gasteiger partial charge in [-0.05, 0) is 90.0 Å². The van der Waals surface area contributed by atoms with Crippen LogP contribution in [-0.4, -0.2) is 163 Å². The summed E-state index contributed by atoms with van der Waals surface area (Å²) >= 11 is 0. The lowest BCUT2D eigenvalue weighted by Crippen LogP contribution is -2.61. The van der Waals surface area contributed by atoms with E-state index in [-0.39, 0.29) is 77.0 Å². The van der Waals surface area contributed by atoms with Gasteiger partial charge >= 0.3 is 0 Å². The molecule has 1 saturated heterocycles. The SMILES string of the molecule is CC(C)C[C@@H]1NC(=O)[C@@H](Cc2ccccc2)NC(=O)[C@H](CCN)NC(=O)[C@@H](NC(=O)[C@H](CCN)NC(=O)[C@@H](N)[C@@H](C)O)CCNC(=O)C([C@@H](C)O)NC(=O)[C@H](CCN)NC(=O)[C@H](CCN)NC1=O. The van der Waals surface area contributed by atoms with Crippen LogP contribution in [0.2, 0.25) is 0 Å². The van der Waals surface area contributed by atoms with Crippen molar-refractivity contribution < 1.29 is 53.4 Å². The van der Waals surface area contributed by atoms with E-state index in [0.29, 0.717) is 5.56 Å². The molecule has 2 rings (SSSR count). The van der Waals surface area contributed by atoms with E-state index in [4.69, 9.17) is 28.7 Å². The molecule has 1 aromatic rings. The van der Waals surface area contributed by atoms with Crippen molar-refractivity contribution in [3.63, 3.8) is 0 Å². The van der Waals surface area contributed by atoms with Crippen molar-refractivity contribution in [1.82, 2.24) is 47.9 Å². The van der Waals surface area contributed by atoms with E-state index in [0.717, 1.165) is 0 Å². The Balaban J connectivity index is 2.74. The minimum Gasteiger partial charge on any atom is -0.391 e. The van der Waals surface area contributed by atoms with Gasteiger partial charge < -0.3 is 86.7 Å². The van der Waals surface area contributed by atoms with E-state index in [1.807, 2.05) is 0 Å². The quantitative estimate of drug-likeness (QED) is 0.0650. The maximum atomic E-state index is 14.2. The van der Waals surface area contributed by atoms with Gasteiger partial charge in [0, 0.05) is 13.0 Å². The molecule has 21 N–H and O–H groups in total. The van der Waals surface area contributed by atoms with E-state index in [2.05, 4.69) is 47.9 Å². The summed E-state index contributed by atoms with van der Waals surface area (Å²) in [6.45, 7) is 5.20. The highest BCUT2D eigenvalue weighted by molar-refractivity contribution is 5.98. The number of carbonyl (C=O) groups is 9. The predicted molar refractivity (Wildman–Crippen MR) is 249 cm³/mol. The number of carbonyl (C=O) groups excluding carboxylic acids is 9. The van der Waals surface area contributed by atoms with Crippen LogP contribution in [0.15, 0.2) is 30.3 Å². The van der Waals surface area contributed by atoms with Gasteiger partial charge in [0.15, 0.2) is 0 Å². The maximum absolute atomic E-state index is 14.2. The van der Waals surface area contributed by atoms with Gasteiger partial charge in [-0.15, -0.1) is 0 Å². The summed E-state index contributed by atoms with van der Waals surface area (Å²) in [6, 6.07) is -4.14. The van der Waals surface area contributed by atoms with E-state index in [1.165, 1.54) is 13.8 Å². The molecule has 1 aromatic carbocycles. The summed E-state index contributed by atoms with van der Waals surface area (Å²) in [5.41, 5.74) is 29.6. The van der Waals surface area contributed by atoms with Crippen LogP contribution in [0.1, 0.15) is 71.8 Å². The number of aliphatic hydroxyl groups excluding tert-OH is 2. The van der Waals surface area contributed by atoms with Gasteiger partial charge in [-0.1, -0.05) is 44.2 Å². The predicted octanol–water partition coefficient (Wildman–Crippen LogP) is -6.84. The van der Waals surface area contributed by atoms with Crippen molar-refractivity contribution >= 4 is 53.2 Å². The molecule has 1 unspecified atom stereocenters. The summed E-state index contributed by atoms with van der Waals surface area (Å²) in [4.78, 5) is 124. The maximum Gasteiger partial charge on any atom is 0.245 e. The molecular formula is C43H74N14O11. The first-order chi connectivity index (χ1) is 32.2. The monoisotopic (exact) mass is 963 g/mol. The molecule has 0 aromatic heterocycles. The number of rotatable bonds is 18. The van der Waals surface area contributed by atoms with Crippen LogP contribution >= 0.6 is 0 Å². The molecule has 11 atom stereocenters. The average molecular weight is 963 g/mol. The molecule has 25 heteroatoms. The first-order valence-electron chi connectivity index (χ1n) is 22.8. The van der Waals surface area contributed by atoms with Crippen molar-refractivity contribution in [2.75, 3.05) is 32.7 Å². The third kappa shape index (κ3) is 19.4. The second-order valence-electron chi connectivity index (χ2n) is 17.1. The Bertz CT molecular complexity index is 1840. The molecule has 382 valence electrons. The molecule has 0 radical (unpaired) electrons. The number of nitrogens with one attached hydrogen (secondary N) is 9. The number of hydrogen-bond donors (Lipinski definition) is 16. The molecule has 1 aliphatic heterocycles. The normalized spacial score (nSPS) is 24.9. The zero-order chi connectivity index (χ0) is 51.1. The molecule has 0 spiro atoms. The summed E-state index contributed by atoms with van der Waals surface area (Å²) < 4.78 is 0. The van der Waals surface area contributed by atoms with Crippen molar-refractivity contribution in [3.05, 3.63) is 35.9 Å². The Hall–Kier alpha value is -5.83. The van der Waals surface area contributed by atoms with E-state index < -0.39 is 126 Å². The van der Waals surface area contributed by atoms with E-state index in [1.54, 1.807) is 44.2 Å². The molecule has 68 heavy (non-hydrogen) atoms. The molecule has 9 amide bonds. The van der Waals surface area contributed by atoms with Crippen molar-refractivity contribution in [3.8, 4) is 0 Å². The van der Waals surface area contributed by atoms with Gasteiger partial charge in [-0.2, -0.15) is 0 Å². The standard InChI is InChI=1S/C43H74N14O11/c1-22(2)20-31-40(65)52-26(10-15-44)35(60)51-29(13-18-47)39(64)57-34(24(4)59)43(68)49-19-14-30(53-36(61)28(12-17-46)54-42(67)33(48)23(3)58)38(63)50-27(11-16-45)37(62)56-32(41(66)55-31)21-25-8-6-5-7-9-25/h5-9,22-24,26-34,58-59H,10-21,44-48H2,1-4H3,(H,49,68)(H,50,63)(H,51,60)(H,52,65)(H,53,61)(H,54,67)(H,55,66)(H,56,62)(H,57,64)/t23-,24-,26+,27+,28+,29+,30+,31+,32-,33+,34?/m1/s1.